The van der Waals surface area contributed by atoms with E-state index in [1.807, 2.05) is 24.3 Å². The molecule has 0 fully saturated rings. The minimum atomic E-state index is -0.396. The molecule has 10 heteroatoms. The molecule has 16 bridgehead atoms. The Morgan fingerprint density at radius 1 is 0.442 bits per heavy atom. The van der Waals surface area contributed by atoms with Crippen molar-refractivity contribution in [2.24, 2.45) is 33.7 Å². The van der Waals surface area contributed by atoms with Gasteiger partial charge in [0.1, 0.15) is 46.4 Å². The lowest BCUT2D eigenvalue weighted by molar-refractivity contribution is -0.122. The highest BCUT2D eigenvalue weighted by atomic mass is 16.1. The molecule has 0 saturated carbocycles. The van der Waals surface area contributed by atoms with Crippen molar-refractivity contribution in [1.82, 2.24) is 9.97 Å². The molecule has 52 heavy (non-hydrogen) atoms. The number of carbonyl (C=O) groups excluding carboxylic acids is 4. The molecule has 5 heterocycles. The monoisotopic (exact) mass is 682 g/mol. The minimum Gasteiger partial charge on any atom is -0.355 e. The van der Waals surface area contributed by atoms with Gasteiger partial charge < -0.3 is 20.6 Å². The summed E-state index contributed by atoms with van der Waals surface area (Å²) < 4.78 is 0. The summed E-state index contributed by atoms with van der Waals surface area (Å²) in [6, 6.07) is 0. The van der Waals surface area contributed by atoms with Gasteiger partial charge in [0, 0.05) is 83.0 Å². The lowest BCUT2D eigenvalue weighted by atomic mass is 9.69. The highest BCUT2D eigenvalue weighted by Crippen LogP contribution is 2.54. The number of H-pyrrole nitrogens is 2. The van der Waals surface area contributed by atoms with Gasteiger partial charge in [0.25, 0.3) is 0 Å². The summed E-state index contributed by atoms with van der Waals surface area (Å²) in [5.41, 5.74) is 11.1. The summed E-state index contributed by atoms with van der Waals surface area (Å²) in [6.07, 6.45) is 22.5. The van der Waals surface area contributed by atoms with Crippen LogP contribution in [0.2, 0.25) is 0 Å². The first-order chi connectivity index (χ1) is 25.4. The second-order valence-corrected chi connectivity index (χ2v) is 15.9. The van der Waals surface area contributed by atoms with E-state index in [4.69, 9.17) is 9.98 Å². The normalized spacial score (nSPS) is 34.3. The first-order valence-electron chi connectivity index (χ1n) is 18.4. The van der Waals surface area contributed by atoms with Crippen LogP contribution >= 0.6 is 0 Å². The standard InChI is InChI=1S/C42H30N6O4/c49-27-9-15-1-5-19(27)35-25-14-24-32-16-2-7-21(29(51)10-16)37(32)41(44-24)47-40-34-18-4-8-22(30(52)12-18)38(34)42(48-40)46-39-33-17-3-6-20(28(50)11-17)36(33)26(45-39)13-23(43-25)31(15)35/h1-8,13-22,43H,9-12H2,(H3,44,45,46,47,48). The SMILES string of the molecule is O=C1CC2C=CC1C1=C2C2=NC1=Cc1[nH]c(c3c1C1C=CC3C(=O)C1)C=C1N=C(Nc3[nH]c(c4c3C3C=CC4C(=O)C3)N2)C2=C1C1C=CC2C(=O)C1. The number of nitrogens with zero attached hydrogens (tertiary/aromatic N) is 2. The first-order valence-corrected chi connectivity index (χ1v) is 18.4. The number of rotatable bonds is 0. The summed E-state index contributed by atoms with van der Waals surface area (Å²) in [5, 5.41) is 7.33. The average molecular weight is 683 g/mol. The molecule has 0 saturated heterocycles. The second-order valence-electron chi connectivity index (χ2n) is 15.9. The van der Waals surface area contributed by atoms with Gasteiger partial charge in [0.05, 0.1) is 35.1 Å². The Hall–Kier alpha value is -5.90. The number of fused-ring (bicyclic) bond motifs is 10. The number of nitrogens with one attached hydrogen (secondary N) is 4. The number of aromatic nitrogens is 2. The van der Waals surface area contributed by atoms with Gasteiger partial charge in [-0.2, -0.15) is 0 Å². The van der Waals surface area contributed by atoms with Crippen molar-refractivity contribution in [1.29, 1.82) is 0 Å². The quantitative estimate of drug-likeness (QED) is 0.253. The zero-order valence-electron chi connectivity index (χ0n) is 27.7. The molecular weight excluding hydrogens is 652 g/mol. The molecule has 0 radical (unpaired) electrons. The van der Waals surface area contributed by atoms with Crippen molar-refractivity contribution in [3.63, 3.8) is 0 Å². The van der Waals surface area contributed by atoms with Crippen LogP contribution in [0.1, 0.15) is 83.0 Å². The predicted molar refractivity (Wildman–Crippen MR) is 194 cm³/mol. The van der Waals surface area contributed by atoms with Crippen LogP contribution in [0.3, 0.4) is 0 Å². The molecule has 252 valence electrons. The average Bonchev–Trinajstić information content (AvgIpc) is 3.90. The van der Waals surface area contributed by atoms with Crippen molar-refractivity contribution in [3.8, 4) is 0 Å². The van der Waals surface area contributed by atoms with Crippen molar-refractivity contribution >= 4 is 58.6 Å². The fourth-order valence-corrected chi connectivity index (χ4v) is 11.2. The van der Waals surface area contributed by atoms with Gasteiger partial charge in [-0.05, 0) is 34.4 Å². The molecule has 2 aromatic heterocycles. The number of amidine groups is 2. The van der Waals surface area contributed by atoms with E-state index in [1.165, 1.54) is 0 Å². The largest absolute Gasteiger partial charge is 0.355 e. The van der Waals surface area contributed by atoms with Crippen LogP contribution in [0.15, 0.2) is 92.3 Å². The van der Waals surface area contributed by atoms with Crippen molar-refractivity contribution < 1.29 is 19.2 Å². The zero-order valence-corrected chi connectivity index (χ0v) is 27.7. The van der Waals surface area contributed by atoms with Gasteiger partial charge >= 0.3 is 0 Å². The minimum absolute atomic E-state index is 0.0690. The molecule has 8 atom stereocenters. The summed E-state index contributed by atoms with van der Waals surface area (Å²) in [5.74, 6) is 1.60. The van der Waals surface area contributed by atoms with Crippen LogP contribution in [-0.4, -0.2) is 44.8 Å². The molecule has 12 aliphatic carbocycles. The summed E-state index contributed by atoms with van der Waals surface area (Å²) in [4.78, 5) is 71.5. The highest BCUT2D eigenvalue weighted by Gasteiger charge is 2.48. The Morgan fingerprint density at radius 3 is 1.60 bits per heavy atom. The molecule has 10 nitrogen and oxygen atoms in total. The lowest BCUT2D eigenvalue weighted by Gasteiger charge is -2.33. The number of aromatic amines is 2. The van der Waals surface area contributed by atoms with Crippen LogP contribution in [0, 0.1) is 23.7 Å². The number of anilines is 2. The Balaban J connectivity index is 1.09. The topological polar surface area (TPSA) is 149 Å². The summed E-state index contributed by atoms with van der Waals surface area (Å²) >= 11 is 0. The second kappa shape index (κ2) is 9.11. The first kappa shape index (κ1) is 27.8. The van der Waals surface area contributed by atoms with Gasteiger partial charge in [-0.1, -0.05) is 48.6 Å². The van der Waals surface area contributed by atoms with E-state index in [9.17, 15) is 19.2 Å². The van der Waals surface area contributed by atoms with Crippen molar-refractivity contribution in [3.05, 3.63) is 116 Å². The predicted octanol–water partition coefficient (Wildman–Crippen LogP) is 5.95. The third-order valence-corrected chi connectivity index (χ3v) is 13.3. The number of hydrogen-bond acceptors (Lipinski definition) is 8. The van der Waals surface area contributed by atoms with Crippen LogP contribution in [0.25, 0.3) is 12.2 Å². The third kappa shape index (κ3) is 3.28. The number of hydrogen-bond donors (Lipinski definition) is 4. The number of Topliss-reactive ketones (excluding diaryl/α,β-unsaturated/α-hetero) is 4. The number of ketones is 4. The van der Waals surface area contributed by atoms with Crippen LogP contribution in [0.4, 0.5) is 11.6 Å². The molecule has 2 aromatic rings. The highest BCUT2D eigenvalue weighted by molar-refractivity contribution is 6.19. The fraction of sp³-hybridized carbons (Fsp3) is 0.286. The molecule has 17 rings (SSSR count). The Kier molecular flexibility index (Phi) is 4.87. The lowest BCUT2D eigenvalue weighted by Crippen LogP contribution is -2.34. The van der Waals surface area contributed by atoms with E-state index in [0.717, 1.165) is 73.1 Å². The number of allylic oxidation sites excluding steroid dienone is 10. The maximum absolute atomic E-state index is 13.4. The van der Waals surface area contributed by atoms with Crippen LogP contribution in [0.5, 0.6) is 0 Å². The molecular formula is C42H30N6O4. The van der Waals surface area contributed by atoms with E-state index in [0.29, 0.717) is 43.2 Å². The smallest absolute Gasteiger partial charge is 0.145 e. The Morgan fingerprint density at radius 2 is 0.923 bits per heavy atom. The van der Waals surface area contributed by atoms with Gasteiger partial charge in [-0.15, -0.1) is 0 Å². The molecule has 0 spiro atoms. The Bertz CT molecular complexity index is 2610. The van der Waals surface area contributed by atoms with E-state index in [1.54, 1.807) is 0 Å². The number of carbonyl (C=O) groups is 4. The number of aliphatic imine (C=N–C) groups is 2. The van der Waals surface area contributed by atoms with Gasteiger partial charge in [0.2, 0.25) is 0 Å². The third-order valence-electron chi connectivity index (χ3n) is 13.3. The Labute approximate surface area is 296 Å². The molecule has 0 aromatic carbocycles. The molecule has 3 aliphatic heterocycles. The van der Waals surface area contributed by atoms with E-state index < -0.39 is 11.8 Å². The van der Waals surface area contributed by atoms with E-state index in [2.05, 4.69) is 57.1 Å². The maximum atomic E-state index is 13.4. The molecule has 15 aliphatic rings. The van der Waals surface area contributed by atoms with Gasteiger partial charge in [0.15, 0.2) is 0 Å². The molecule has 8 unspecified atom stereocenters. The summed E-state index contributed by atoms with van der Waals surface area (Å²) in [7, 11) is 0. The van der Waals surface area contributed by atoms with Crippen LogP contribution < -0.4 is 10.6 Å². The van der Waals surface area contributed by atoms with E-state index >= 15 is 0 Å². The fourth-order valence-electron chi connectivity index (χ4n) is 11.2. The van der Waals surface area contributed by atoms with Crippen LogP contribution in [-0.2, 0) is 19.2 Å². The van der Waals surface area contributed by atoms with E-state index in [-0.39, 0.29) is 58.6 Å². The van der Waals surface area contributed by atoms with Crippen molar-refractivity contribution in [2.45, 2.75) is 49.4 Å². The zero-order chi connectivity index (χ0) is 34.3. The maximum Gasteiger partial charge on any atom is 0.145 e. The van der Waals surface area contributed by atoms with Gasteiger partial charge in [-0.3, -0.25) is 19.2 Å². The van der Waals surface area contributed by atoms with Gasteiger partial charge in [-0.25, -0.2) is 9.98 Å². The summed E-state index contributed by atoms with van der Waals surface area (Å²) in [6.45, 7) is 0. The van der Waals surface area contributed by atoms with Crippen molar-refractivity contribution in [2.75, 3.05) is 10.6 Å². The molecule has 4 N–H and O–H groups in total. The molecule has 0 amide bonds.